The Kier molecular flexibility index (Phi) is 12.4. The highest BCUT2D eigenvalue weighted by molar-refractivity contribution is 6.36. The van der Waals surface area contributed by atoms with Crippen LogP contribution < -0.4 is 25.4 Å². The lowest BCUT2D eigenvalue weighted by molar-refractivity contribution is -0.142. The molecular formula is C43H45ClF2N8O6. The third-order valence-electron chi connectivity index (χ3n) is 11.3. The quantitative estimate of drug-likeness (QED) is 0.0736. The van der Waals surface area contributed by atoms with Crippen molar-refractivity contribution in [3.63, 3.8) is 0 Å². The fourth-order valence-corrected chi connectivity index (χ4v) is 8.36. The number of rotatable bonds is 14. The van der Waals surface area contributed by atoms with Gasteiger partial charge in [-0.3, -0.25) is 9.78 Å². The van der Waals surface area contributed by atoms with Gasteiger partial charge >= 0.3 is 5.97 Å². The number of ether oxygens (including phenoxy) is 3. The Morgan fingerprint density at radius 3 is 2.43 bits per heavy atom. The Bertz CT molecular complexity index is 2490. The molecule has 17 heteroatoms. The Morgan fingerprint density at radius 1 is 0.967 bits per heavy atom. The van der Waals surface area contributed by atoms with E-state index >= 15 is 0 Å². The number of aliphatic hydroxyl groups excluding tert-OH is 1. The number of aliphatic hydroxyl groups is 1. The largest absolute Gasteiger partial charge is 0.496 e. The van der Waals surface area contributed by atoms with E-state index in [1.807, 2.05) is 42.5 Å². The maximum absolute atomic E-state index is 14.2. The van der Waals surface area contributed by atoms with Gasteiger partial charge in [-0.2, -0.15) is 5.10 Å². The van der Waals surface area contributed by atoms with Crippen LogP contribution in [0.2, 0.25) is 5.02 Å². The van der Waals surface area contributed by atoms with Crippen LogP contribution in [0.5, 0.6) is 11.5 Å². The Morgan fingerprint density at radius 2 is 1.72 bits per heavy atom. The zero-order valence-electron chi connectivity index (χ0n) is 33.0. The van der Waals surface area contributed by atoms with E-state index in [0.717, 1.165) is 40.4 Å². The number of nitrogens with one attached hydrogen (secondary N) is 3. The lowest BCUT2D eigenvalue weighted by atomic mass is 9.86. The Hall–Kier alpha value is -5.52. The predicted molar refractivity (Wildman–Crippen MR) is 222 cm³/mol. The summed E-state index contributed by atoms with van der Waals surface area (Å²) >= 11 is 7.12. The average Bonchev–Trinajstić information content (AvgIpc) is 3.70. The van der Waals surface area contributed by atoms with Crippen molar-refractivity contribution in [2.75, 3.05) is 32.8 Å². The van der Waals surface area contributed by atoms with E-state index in [1.54, 1.807) is 43.4 Å². The molecule has 3 aromatic heterocycles. The molecule has 60 heavy (non-hydrogen) atoms. The summed E-state index contributed by atoms with van der Waals surface area (Å²) in [6.45, 7) is 1.68. The molecule has 1 saturated heterocycles. The lowest BCUT2D eigenvalue weighted by Crippen LogP contribution is -2.46. The number of hydrogen-bond donors (Lipinski definition) is 5. The molecule has 0 bridgehead atoms. The van der Waals surface area contributed by atoms with Gasteiger partial charge in [0.25, 0.3) is 6.43 Å². The second-order valence-corrected chi connectivity index (χ2v) is 15.4. The smallest absolute Gasteiger partial charge is 0.306 e. The highest BCUT2D eigenvalue weighted by Crippen LogP contribution is 2.40. The van der Waals surface area contributed by atoms with Crippen molar-refractivity contribution in [3.8, 4) is 28.3 Å². The summed E-state index contributed by atoms with van der Waals surface area (Å²) in [5.74, 6) is -0.468. The summed E-state index contributed by atoms with van der Waals surface area (Å²) < 4.78 is 47.1. The first-order valence-corrected chi connectivity index (χ1v) is 20.2. The van der Waals surface area contributed by atoms with Crippen LogP contribution >= 0.6 is 11.6 Å². The Labute approximate surface area is 349 Å². The number of anilines is 2. The number of halogens is 3. The minimum absolute atomic E-state index is 0.0809. The van der Waals surface area contributed by atoms with Crippen molar-refractivity contribution >= 4 is 51.0 Å². The van der Waals surface area contributed by atoms with Crippen molar-refractivity contribution in [2.45, 2.75) is 69.8 Å². The molecule has 0 spiro atoms. The van der Waals surface area contributed by atoms with E-state index < -0.39 is 24.3 Å². The molecule has 1 aliphatic carbocycles. The first-order valence-electron chi connectivity index (χ1n) is 19.8. The summed E-state index contributed by atoms with van der Waals surface area (Å²) in [6, 6.07) is 16.7. The van der Waals surface area contributed by atoms with Gasteiger partial charge < -0.3 is 40.4 Å². The molecule has 8 rings (SSSR count). The summed E-state index contributed by atoms with van der Waals surface area (Å²) in [5, 5.41) is 35.6. The van der Waals surface area contributed by atoms with Gasteiger partial charge in [0, 0.05) is 61.1 Å². The number of carboxylic acids is 1. The van der Waals surface area contributed by atoms with Gasteiger partial charge in [-0.05, 0) is 61.4 Å². The van der Waals surface area contributed by atoms with Gasteiger partial charge in [-0.15, -0.1) is 0 Å². The molecule has 4 heterocycles. The van der Waals surface area contributed by atoms with E-state index in [9.17, 15) is 23.8 Å². The lowest BCUT2D eigenvalue weighted by Gasteiger charge is -2.29. The molecule has 1 aliphatic heterocycles. The zero-order chi connectivity index (χ0) is 41.9. The van der Waals surface area contributed by atoms with Gasteiger partial charge in [0.1, 0.15) is 17.0 Å². The number of aliphatic carboxylic acids is 1. The van der Waals surface area contributed by atoms with Crippen molar-refractivity contribution in [2.24, 2.45) is 5.92 Å². The number of hydrogen-bond acceptors (Lipinski definition) is 12. The van der Waals surface area contributed by atoms with Crippen molar-refractivity contribution in [1.82, 2.24) is 35.4 Å². The maximum Gasteiger partial charge on any atom is 0.306 e. The molecule has 2 atom stereocenters. The van der Waals surface area contributed by atoms with E-state index in [1.165, 1.54) is 0 Å². The molecule has 314 valence electrons. The molecule has 3 aromatic carbocycles. The van der Waals surface area contributed by atoms with Crippen molar-refractivity contribution < 1.29 is 38.0 Å². The number of methoxy groups -OCH3 is 2. The molecule has 0 radical (unpaired) electrons. The number of fused-ring (bicyclic) bond motifs is 2. The van der Waals surface area contributed by atoms with Gasteiger partial charge in [0.15, 0.2) is 11.6 Å². The third kappa shape index (κ3) is 8.56. The monoisotopic (exact) mass is 842 g/mol. The number of benzene rings is 3. The molecule has 14 nitrogen and oxygen atoms in total. The first-order chi connectivity index (χ1) is 29.1. The number of aromatic nitrogens is 5. The van der Waals surface area contributed by atoms with Crippen LogP contribution in [0.25, 0.3) is 38.8 Å². The summed E-state index contributed by atoms with van der Waals surface area (Å²) in [4.78, 5) is 24.2. The fraction of sp³-hybridized carbons (Fsp3) is 0.372. The van der Waals surface area contributed by atoms with Crippen LogP contribution in [0.15, 0.2) is 67.0 Å². The van der Waals surface area contributed by atoms with Crippen LogP contribution in [-0.2, 0) is 22.6 Å². The van der Waals surface area contributed by atoms with Gasteiger partial charge in [0.05, 0.1) is 72.0 Å². The SMILES string of the molecule is COc1cc(-n2ncc3c(-c4cccc(Nc5nc(C(F)F)nc6cc(CNC7CCC(C(=O)O)CC7)cnc56)c4Cl)cccc32)cc(OC)c1CN[C@@H]1CCOC[C@@H]1O. The topological polar surface area (TPSA) is 178 Å². The van der Waals surface area contributed by atoms with E-state index in [-0.39, 0.29) is 35.9 Å². The second-order valence-electron chi connectivity index (χ2n) is 15.0. The highest BCUT2D eigenvalue weighted by atomic mass is 35.5. The van der Waals surface area contributed by atoms with Crippen LogP contribution in [0.1, 0.15) is 55.5 Å². The molecule has 5 N–H and O–H groups in total. The standard InChI is InChI=1S/C43H45ClF2N8O6/c1-58-36-16-26(17-37(59-2)30(36)20-48-31-13-14-60-22-35(31)55)54-34-8-4-5-27(29(34)21-50-54)28-6-3-7-32(38(28)44)51-41-39-33(52-42(53-41)40(45)46)15-23(19-49-39)18-47-25-11-9-24(10-12-25)43(56)57/h3-8,15-17,19,21,24-25,31,35,40,47-48,55H,9-14,18,20,22H2,1-2H3,(H,56,57)(H,51,52,53)/t24?,25?,31-,35+/m1/s1. The summed E-state index contributed by atoms with van der Waals surface area (Å²) in [5.41, 5.74) is 5.46. The van der Waals surface area contributed by atoms with Crippen LogP contribution in [0, 0.1) is 5.92 Å². The normalized spacial score (nSPS) is 19.5. The van der Waals surface area contributed by atoms with Gasteiger partial charge in [-0.1, -0.05) is 35.9 Å². The Balaban J connectivity index is 1.06. The van der Waals surface area contributed by atoms with E-state index in [0.29, 0.717) is 77.9 Å². The number of carboxylic acid groups (broad SMARTS) is 1. The number of pyridine rings is 1. The third-order valence-corrected chi connectivity index (χ3v) is 11.7. The first kappa shape index (κ1) is 41.2. The fourth-order valence-electron chi connectivity index (χ4n) is 8.08. The molecule has 6 aromatic rings. The summed E-state index contributed by atoms with van der Waals surface area (Å²) in [7, 11) is 3.19. The number of alkyl halides is 2. The van der Waals surface area contributed by atoms with Crippen molar-refractivity contribution in [1.29, 1.82) is 0 Å². The van der Waals surface area contributed by atoms with E-state index in [4.69, 9.17) is 30.9 Å². The van der Waals surface area contributed by atoms with E-state index in [2.05, 4.69) is 30.9 Å². The minimum Gasteiger partial charge on any atom is -0.496 e. The van der Waals surface area contributed by atoms with Gasteiger partial charge in [0.2, 0.25) is 0 Å². The molecule has 2 fully saturated rings. The van der Waals surface area contributed by atoms with Crippen LogP contribution in [0.4, 0.5) is 20.3 Å². The second kappa shape index (κ2) is 18.0. The van der Waals surface area contributed by atoms with Gasteiger partial charge in [-0.25, -0.2) is 23.4 Å². The molecule has 2 aliphatic rings. The predicted octanol–water partition coefficient (Wildman–Crippen LogP) is 7.35. The molecular weight excluding hydrogens is 798 g/mol. The number of nitrogens with zero attached hydrogens (tertiary/aromatic N) is 5. The molecule has 0 amide bonds. The molecule has 1 saturated carbocycles. The van der Waals surface area contributed by atoms with Crippen LogP contribution in [-0.4, -0.2) is 86.5 Å². The van der Waals surface area contributed by atoms with Crippen LogP contribution in [0.3, 0.4) is 0 Å². The van der Waals surface area contributed by atoms with Crippen molar-refractivity contribution in [3.05, 3.63) is 89.0 Å². The maximum atomic E-state index is 14.2. The molecule has 0 unspecified atom stereocenters. The minimum atomic E-state index is -2.93. The number of carbonyl (C=O) groups is 1. The zero-order valence-corrected chi connectivity index (χ0v) is 33.8. The highest BCUT2D eigenvalue weighted by Gasteiger charge is 2.27. The average molecular weight is 843 g/mol. The summed E-state index contributed by atoms with van der Waals surface area (Å²) in [6.07, 6.45) is 3.24.